The SMILES string of the molecule is O=S(=O)(N[C@H]1c2cccc3cccc(c23)[C@@H]1NCc1ccco1)c1ccc(Cl)cc1. The van der Waals surface area contributed by atoms with Crippen LogP contribution in [-0.2, 0) is 16.6 Å². The molecular weight excluding hydrogens is 420 g/mol. The maximum atomic E-state index is 13.1. The van der Waals surface area contributed by atoms with Gasteiger partial charge >= 0.3 is 0 Å². The van der Waals surface area contributed by atoms with Gasteiger partial charge < -0.3 is 9.73 Å². The zero-order valence-electron chi connectivity index (χ0n) is 15.9. The Bertz CT molecular complexity index is 1300. The summed E-state index contributed by atoms with van der Waals surface area (Å²) in [6.45, 7) is 0.487. The third-order valence-corrected chi connectivity index (χ3v) is 7.16. The Labute approximate surface area is 179 Å². The summed E-state index contributed by atoms with van der Waals surface area (Å²) in [4.78, 5) is 0.180. The second-order valence-corrected chi connectivity index (χ2v) is 9.43. The first-order chi connectivity index (χ1) is 14.5. The quantitative estimate of drug-likeness (QED) is 0.446. The highest BCUT2D eigenvalue weighted by molar-refractivity contribution is 7.89. The highest BCUT2D eigenvalue weighted by atomic mass is 35.5. The van der Waals surface area contributed by atoms with E-state index in [2.05, 4.69) is 10.0 Å². The molecule has 0 unspecified atom stereocenters. The second-order valence-electron chi connectivity index (χ2n) is 7.28. The molecule has 152 valence electrons. The van der Waals surface area contributed by atoms with E-state index in [1.807, 2.05) is 48.5 Å². The summed E-state index contributed by atoms with van der Waals surface area (Å²) in [6, 6.07) is 21.3. The Hall–Kier alpha value is -2.64. The molecule has 2 N–H and O–H groups in total. The molecule has 1 aliphatic rings. The lowest BCUT2D eigenvalue weighted by molar-refractivity contribution is 0.405. The van der Waals surface area contributed by atoms with Crippen LogP contribution >= 0.6 is 11.6 Å². The minimum absolute atomic E-state index is 0.180. The van der Waals surface area contributed by atoms with Gasteiger partial charge in [-0.3, -0.25) is 0 Å². The third kappa shape index (κ3) is 3.42. The lowest BCUT2D eigenvalue weighted by atomic mass is 10.0. The molecule has 7 heteroatoms. The van der Waals surface area contributed by atoms with Crippen LogP contribution in [-0.4, -0.2) is 8.42 Å². The predicted molar refractivity (Wildman–Crippen MR) is 117 cm³/mol. The van der Waals surface area contributed by atoms with Crippen molar-refractivity contribution in [3.05, 3.63) is 101 Å². The van der Waals surface area contributed by atoms with E-state index in [1.54, 1.807) is 18.4 Å². The zero-order chi connectivity index (χ0) is 20.7. The highest BCUT2D eigenvalue weighted by Crippen LogP contribution is 2.44. The molecule has 4 aromatic rings. The van der Waals surface area contributed by atoms with Gasteiger partial charge in [-0.2, -0.15) is 0 Å². The van der Waals surface area contributed by atoms with Crippen LogP contribution in [0, 0.1) is 0 Å². The molecule has 1 aliphatic carbocycles. The number of halogens is 1. The van der Waals surface area contributed by atoms with Crippen molar-refractivity contribution in [3.63, 3.8) is 0 Å². The van der Waals surface area contributed by atoms with Gasteiger partial charge in [-0.25, -0.2) is 13.1 Å². The molecule has 0 fully saturated rings. The fourth-order valence-electron chi connectivity index (χ4n) is 4.11. The van der Waals surface area contributed by atoms with E-state index in [9.17, 15) is 8.42 Å². The number of hydrogen-bond donors (Lipinski definition) is 2. The lowest BCUT2D eigenvalue weighted by Gasteiger charge is -2.24. The molecule has 3 aromatic carbocycles. The number of benzene rings is 3. The normalized spacial score (nSPS) is 18.2. The van der Waals surface area contributed by atoms with Crippen molar-refractivity contribution in [1.29, 1.82) is 0 Å². The van der Waals surface area contributed by atoms with Crippen molar-refractivity contribution in [1.82, 2.24) is 10.0 Å². The molecule has 0 spiro atoms. The van der Waals surface area contributed by atoms with Crippen molar-refractivity contribution in [2.24, 2.45) is 0 Å². The molecular formula is C23H19ClN2O3S. The minimum atomic E-state index is -3.75. The highest BCUT2D eigenvalue weighted by Gasteiger charge is 2.37. The maximum absolute atomic E-state index is 13.1. The molecule has 0 radical (unpaired) electrons. The molecule has 5 nitrogen and oxygen atoms in total. The van der Waals surface area contributed by atoms with Gasteiger partial charge in [0, 0.05) is 5.02 Å². The van der Waals surface area contributed by atoms with Crippen LogP contribution in [0.25, 0.3) is 10.8 Å². The summed E-state index contributed by atoms with van der Waals surface area (Å²) >= 11 is 5.93. The van der Waals surface area contributed by atoms with Crippen LogP contribution in [0.4, 0.5) is 0 Å². The summed E-state index contributed by atoms with van der Waals surface area (Å²) in [5.41, 5.74) is 2.02. The molecule has 2 atom stereocenters. The number of sulfonamides is 1. The van der Waals surface area contributed by atoms with Gasteiger partial charge in [0.2, 0.25) is 10.0 Å². The lowest BCUT2D eigenvalue weighted by Crippen LogP contribution is -2.36. The van der Waals surface area contributed by atoms with Gasteiger partial charge in [-0.05, 0) is 58.3 Å². The van der Waals surface area contributed by atoms with E-state index in [-0.39, 0.29) is 10.9 Å². The molecule has 1 aromatic heterocycles. The molecule has 0 saturated carbocycles. The first-order valence-electron chi connectivity index (χ1n) is 9.58. The average Bonchev–Trinajstić information content (AvgIpc) is 3.35. The van der Waals surface area contributed by atoms with Crippen molar-refractivity contribution in [2.75, 3.05) is 0 Å². The van der Waals surface area contributed by atoms with E-state index in [4.69, 9.17) is 16.0 Å². The van der Waals surface area contributed by atoms with Gasteiger partial charge in [-0.15, -0.1) is 0 Å². The van der Waals surface area contributed by atoms with Crippen molar-refractivity contribution >= 4 is 32.4 Å². The van der Waals surface area contributed by atoms with E-state index in [0.717, 1.165) is 27.7 Å². The third-order valence-electron chi connectivity index (χ3n) is 5.45. The fraction of sp³-hybridized carbons (Fsp3) is 0.130. The first-order valence-corrected chi connectivity index (χ1v) is 11.4. The van der Waals surface area contributed by atoms with E-state index >= 15 is 0 Å². The Balaban J connectivity index is 1.54. The van der Waals surface area contributed by atoms with Crippen LogP contribution in [0.3, 0.4) is 0 Å². The van der Waals surface area contributed by atoms with Gasteiger partial charge in [0.1, 0.15) is 5.76 Å². The number of nitrogens with one attached hydrogen (secondary N) is 2. The first kappa shape index (κ1) is 19.3. The largest absolute Gasteiger partial charge is 0.468 e. The predicted octanol–water partition coefficient (Wildman–Crippen LogP) is 4.95. The summed E-state index contributed by atoms with van der Waals surface area (Å²) < 4.78 is 34.7. The molecule has 0 amide bonds. The number of rotatable bonds is 6. The Kier molecular flexibility index (Phi) is 4.87. The smallest absolute Gasteiger partial charge is 0.241 e. The molecule has 1 heterocycles. The Morgan fingerprint density at radius 3 is 2.23 bits per heavy atom. The monoisotopic (exact) mass is 438 g/mol. The van der Waals surface area contributed by atoms with Crippen molar-refractivity contribution in [2.45, 2.75) is 23.5 Å². The van der Waals surface area contributed by atoms with Gasteiger partial charge in [-0.1, -0.05) is 48.0 Å². The Morgan fingerprint density at radius 1 is 0.867 bits per heavy atom. The molecule has 0 aliphatic heterocycles. The summed E-state index contributed by atoms with van der Waals surface area (Å²) in [5, 5.41) is 6.14. The summed E-state index contributed by atoms with van der Waals surface area (Å²) in [6.07, 6.45) is 1.63. The molecule has 0 saturated heterocycles. The summed E-state index contributed by atoms with van der Waals surface area (Å²) in [5.74, 6) is 0.789. The second kappa shape index (κ2) is 7.56. The number of hydrogen-bond acceptors (Lipinski definition) is 4. The standard InChI is InChI=1S/C23H19ClN2O3S/c24-16-9-11-18(12-10-16)30(27,28)26-23-20-8-2-5-15-4-1-7-19(21(15)20)22(23)25-14-17-6-3-13-29-17/h1-13,22-23,25-26H,14H2/t22-,23-/m0/s1. The zero-order valence-corrected chi connectivity index (χ0v) is 17.5. The van der Waals surface area contributed by atoms with E-state index < -0.39 is 16.1 Å². The van der Waals surface area contributed by atoms with Crippen LogP contribution in [0.1, 0.15) is 29.0 Å². The average molecular weight is 439 g/mol. The Morgan fingerprint density at radius 2 is 1.57 bits per heavy atom. The van der Waals surface area contributed by atoms with Crippen molar-refractivity contribution < 1.29 is 12.8 Å². The van der Waals surface area contributed by atoms with Gasteiger partial charge in [0.15, 0.2) is 0 Å². The minimum Gasteiger partial charge on any atom is -0.468 e. The molecule has 30 heavy (non-hydrogen) atoms. The fourth-order valence-corrected chi connectivity index (χ4v) is 5.46. The van der Waals surface area contributed by atoms with E-state index in [1.165, 1.54) is 12.1 Å². The van der Waals surface area contributed by atoms with Crippen LogP contribution < -0.4 is 10.0 Å². The van der Waals surface area contributed by atoms with Gasteiger partial charge in [0.25, 0.3) is 0 Å². The van der Waals surface area contributed by atoms with Crippen molar-refractivity contribution in [3.8, 4) is 0 Å². The molecule has 0 bridgehead atoms. The van der Waals surface area contributed by atoms with Crippen LogP contribution in [0.2, 0.25) is 5.02 Å². The van der Waals surface area contributed by atoms with Crippen LogP contribution in [0.5, 0.6) is 0 Å². The van der Waals surface area contributed by atoms with Crippen LogP contribution in [0.15, 0.2) is 88.4 Å². The topological polar surface area (TPSA) is 71.3 Å². The van der Waals surface area contributed by atoms with Gasteiger partial charge in [0.05, 0.1) is 29.8 Å². The maximum Gasteiger partial charge on any atom is 0.241 e. The summed E-state index contributed by atoms with van der Waals surface area (Å²) in [7, 11) is -3.75. The molecule has 5 rings (SSSR count). The number of furan rings is 1. The van der Waals surface area contributed by atoms with E-state index in [0.29, 0.717) is 11.6 Å².